The summed E-state index contributed by atoms with van der Waals surface area (Å²) in [6.07, 6.45) is 0.961. The van der Waals surface area contributed by atoms with E-state index >= 15 is 0 Å². The quantitative estimate of drug-likeness (QED) is 0.557. The molecular weight excluding hydrogens is 142 g/mol. The predicted octanol–water partition coefficient (Wildman–Crippen LogP) is 0.891. The normalized spacial score (nSPS) is 9.73. The molecule has 11 heavy (non-hydrogen) atoms. The van der Waals surface area contributed by atoms with Crippen LogP contribution in [-0.2, 0) is 9.53 Å². The van der Waals surface area contributed by atoms with Crippen LogP contribution in [0.2, 0.25) is 0 Å². The molecule has 66 valence electrons. The lowest BCUT2D eigenvalue weighted by Crippen LogP contribution is -2.30. The van der Waals surface area contributed by atoms with Crippen LogP contribution in [-0.4, -0.2) is 37.6 Å². The number of carbonyl (C=O) groups is 1. The van der Waals surface area contributed by atoms with Gasteiger partial charge < -0.3 is 9.64 Å². The van der Waals surface area contributed by atoms with Crippen molar-refractivity contribution in [2.24, 2.45) is 0 Å². The van der Waals surface area contributed by atoms with E-state index in [1.165, 1.54) is 0 Å². The number of amides is 1. The van der Waals surface area contributed by atoms with Crippen LogP contribution in [0.25, 0.3) is 0 Å². The molecule has 3 heteroatoms. The summed E-state index contributed by atoms with van der Waals surface area (Å²) < 4.78 is 5.08. The summed E-state index contributed by atoms with van der Waals surface area (Å²) in [6.45, 7) is 5.60. The number of likely N-dealkylation sites (N-methyl/N-ethyl adjacent to an activating group) is 1. The molecule has 0 bridgehead atoms. The number of ether oxygens (including phenoxy) is 1. The fraction of sp³-hybridized carbons (Fsp3) is 0.875. The molecule has 1 amide bonds. The van der Waals surface area contributed by atoms with Gasteiger partial charge in [0.05, 0.1) is 0 Å². The van der Waals surface area contributed by atoms with Crippen LogP contribution in [0.5, 0.6) is 0 Å². The van der Waals surface area contributed by atoms with Gasteiger partial charge in [-0.3, -0.25) is 4.79 Å². The van der Waals surface area contributed by atoms with Crippen LogP contribution >= 0.6 is 0 Å². The first-order chi connectivity index (χ1) is 5.22. The Morgan fingerprint density at radius 1 is 1.45 bits per heavy atom. The van der Waals surface area contributed by atoms with Crippen molar-refractivity contribution in [3.8, 4) is 0 Å². The summed E-state index contributed by atoms with van der Waals surface area (Å²) in [7, 11) is 1.78. The molecule has 0 unspecified atom stereocenters. The molecule has 0 aromatic rings. The number of nitrogens with zero attached hydrogens (tertiary/aromatic N) is 1. The fourth-order valence-corrected chi connectivity index (χ4v) is 0.590. The maximum absolute atomic E-state index is 11.0. The summed E-state index contributed by atoms with van der Waals surface area (Å²) >= 11 is 0. The Hall–Kier alpha value is -0.570. The van der Waals surface area contributed by atoms with Gasteiger partial charge in [-0.05, 0) is 13.3 Å². The average molecular weight is 159 g/mol. The molecule has 0 spiro atoms. The zero-order valence-electron chi connectivity index (χ0n) is 7.59. The van der Waals surface area contributed by atoms with Crippen molar-refractivity contribution in [1.29, 1.82) is 0 Å². The predicted molar refractivity (Wildman–Crippen MR) is 44.4 cm³/mol. The van der Waals surface area contributed by atoms with Crippen molar-refractivity contribution in [1.82, 2.24) is 4.90 Å². The van der Waals surface area contributed by atoms with Crippen LogP contribution in [0.15, 0.2) is 0 Å². The van der Waals surface area contributed by atoms with Crippen LogP contribution < -0.4 is 0 Å². The molecule has 0 N–H and O–H groups in total. The Morgan fingerprint density at radius 3 is 2.55 bits per heavy atom. The standard InChI is InChI=1S/C8H17NO2/c1-4-6-11-7-8(10)9(3)5-2/h4-7H2,1-3H3. The summed E-state index contributed by atoms with van der Waals surface area (Å²) in [5.74, 6) is 0.0564. The summed E-state index contributed by atoms with van der Waals surface area (Å²) in [5.41, 5.74) is 0. The number of carbonyl (C=O) groups excluding carboxylic acids is 1. The molecular formula is C8H17NO2. The third-order valence-electron chi connectivity index (χ3n) is 1.47. The SMILES string of the molecule is CCCOCC(=O)N(C)CC. The smallest absolute Gasteiger partial charge is 0.248 e. The number of hydrogen-bond donors (Lipinski definition) is 0. The second kappa shape index (κ2) is 6.16. The molecule has 0 rings (SSSR count). The van der Waals surface area contributed by atoms with E-state index in [1.807, 2.05) is 13.8 Å². The molecule has 0 radical (unpaired) electrons. The molecule has 0 saturated heterocycles. The molecule has 0 atom stereocenters. The lowest BCUT2D eigenvalue weighted by Gasteiger charge is -2.13. The van der Waals surface area contributed by atoms with Crippen molar-refractivity contribution in [2.45, 2.75) is 20.3 Å². The molecule has 0 heterocycles. The van der Waals surface area contributed by atoms with Crippen molar-refractivity contribution in [2.75, 3.05) is 26.8 Å². The Balaban J connectivity index is 3.36. The van der Waals surface area contributed by atoms with Gasteiger partial charge in [0.1, 0.15) is 6.61 Å². The Labute approximate surface area is 68.3 Å². The van der Waals surface area contributed by atoms with E-state index in [9.17, 15) is 4.79 Å². The van der Waals surface area contributed by atoms with Gasteiger partial charge in [0.2, 0.25) is 5.91 Å². The van der Waals surface area contributed by atoms with Gasteiger partial charge in [-0.1, -0.05) is 6.92 Å². The molecule has 0 saturated carbocycles. The zero-order valence-corrected chi connectivity index (χ0v) is 7.59. The lowest BCUT2D eigenvalue weighted by atomic mass is 10.5. The van der Waals surface area contributed by atoms with Gasteiger partial charge in [0, 0.05) is 20.2 Å². The Bertz CT molecular complexity index is 115. The topological polar surface area (TPSA) is 29.5 Å². The van der Waals surface area contributed by atoms with Crippen LogP contribution in [0.1, 0.15) is 20.3 Å². The minimum absolute atomic E-state index is 0.0564. The molecule has 0 fully saturated rings. The van der Waals surface area contributed by atoms with Gasteiger partial charge in [0.25, 0.3) is 0 Å². The van der Waals surface area contributed by atoms with Gasteiger partial charge in [0.15, 0.2) is 0 Å². The van der Waals surface area contributed by atoms with E-state index in [2.05, 4.69) is 0 Å². The molecule has 0 aliphatic rings. The van der Waals surface area contributed by atoms with Crippen molar-refractivity contribution in [3.05, 3.63) is 0 Å². The molecule has 0 aromatic carbocycles. The maximum atomic E-state index is 11.0. The second-order valence-corrected chi connectivity index (χ2v) is 2.46. The molecule has 3 nitrogen and oxygen atoms in total. The zero-order chi connectivity index (χ0) is 8.69. The van der Waals surface area contributed by atoms with Crippen LogP contribution in [0.4, 0.5) is 0 Å². The average Bonchev–Trinajstić information content (AvgIpc) is 2.03. The van der Waals surface area contributed by atoms with E-state index in [4.69, 9.17) is 4.74 Å². The summed E-state index contributed by atoms with van der Waals surface area (Å²) in [5, 5.41) is 0. The first-order valence-corrected chi connectivity index (χ1v) is 4.04. The first kappa shape index (κ1) is 10.4. The second-order valence-electron chi connectivity index (χ2n) is 2.46. The van der Waals surface area contributed by atoms with Crippen molar-refractivity contribution < 1.29 is 9.53 Å². The van der Waals surface area contributed by atoms with Crippen molar-refractivity contribution in [3.63, 3.8) is 0 Å². The van der Waals surface area contributed by atoms with E-state index in [0.29, 0.717) is 6.61 Å². The highest BCUT2D eigenvalue weighted by Gasteiger charge is 2.04. The van der Waals surface area contributed by atoms with E-state index < -0.39 is 0 Å². The lowest BCUT2D eigenvalue weighted by molar-refractivity contribution is -0.134. The highest BCUT2D eigenvalue weighted by Crippen LogP contribution is 1.86. The minimum Gasteiger partial charge on any atom is -0.372 e. The van der Waals surface area contributed by atoms with Gasteiger partial charge in [-0.15, -0.1) is 0 Å². The van der Waals surface area contributed by atoms with Gasteiger partial charge in [-0.25, -0.2) is 0 Å². The fourth-order valence-electron chi connectivity index (χ4n) is 0.590. The van der Waals surface area contributed by atoms with Gasteiger partial charge in [-0.2, -0.15) is 0 Å². The largest absolute Gasteiger partial charge is 0.372 e. The third-order valence-corrected chi connectivity index (χ3v) is 1.47. The van der Waals surface area contributed by atoms with Crippen LogP contribution in [0, 0.1) is 0 Å². The molecule has 0 aliphatic carbocycles. The minimum atomic E-state index is 0.0564. The van der Waals surface area contributed by atoms with Gasteiger partial charge >= 0.3 is 0 Å². The monoisotopic (exact) mass is 159 g/mol. The third kappa shape index (κ3) is 4.79. The van der Waals surface area contributed by atoms with E-state index in [1.54, 1.807) is 11.9 Å². The molecule has 0 aromatic heterocycles. The highest BCUT2D eigenvalue weighted by molar-refractivity contribution is 5.77. The Kier molecular flexibility index (Phi) is 5.84. The molecule has 0 aliphatic heterocycles. The maximum Gasteiger partial charge on any atom is 0.248 e. The highest BCUT2D eigenvalue weighted by atomic mass is 16.5. The number of hydrogen-bond acceptors (Lipinski definition) is 2. The Morgan fingerprint density at radius 2 is 2.09 bits per heavy atom. The number of rotatable bonds is 5. The van der Waals surface area contributed by atoms with E-state index in [-0.39, 0.29) is 12.5 Å². The van der Waals surface area contributed by atoms with Crippen molar-refractivity contribution >= 4 is 5.91 Å². The first-order valence-electron chi connectivity index (χ1n) is 4.04. The summed E-state index contributed by atoms with van der Waals surface area (Å²) in [6, 6.07) is 0. The van der Waals surface area contributed by atoms with Crippen LogP contribution in [0.3, 0.4) is 0 Å². The van der Waals surface area contributed by atoms with E-state index in [0.717, 1.165) is 13.0 Å². The summed E-state index contributed by atoms with van der Waals surface area (Å²) in [4.78, 5) is 12.7.